The highest BCUT2D eigenvalue weighted by molar-refractivity contribution is 5.97. The van der Waals surface area contributed by atoms with E-state index in [9.17, 15) is 0 Å². The summed E-state index contributed by atoms with van der Waals surface area (Å²) in [4.78, 5) is 4.20. The molecule has 0 unspecified atom stereocenters. The highest BCUT2D eigenvalue weighted by Crippen LogP contribution is 2.34. The zero-order valence-electron chi connectivity index (χ0n) is 19.5. The molecule has 0 fully saturated rings. The number of hydrogen-bond donors (Lipinski definition) is 0. The normalized spacial score (nSPS) is 10.9. The fourth-order valence-corrected chi connectivity index (χ4v) is 4.20. The Morgan fingerprint density at radius 1 is 0.824 bits per heavy atom. The third-order valence-corrected chi connectivity index (χ3v) is 6.09. The highest BCUT2D eigenvalue weighted by atomic mass is 35.5. The van der Waals surface area contributed by atoms with E-state index in [0.717, 1.165) is 23.4 Å². The predicted octanol–water partition coefficient (Wildman–Crippen LogP) is 7.88. The Hall–Kier alpha value is -3.56. The maximum Gasteiger partial charge on any atom is 0.120 e. The molecule has 0 amide bonds. The summed E-state index contributed by atoms with van der Waals surface area (Å²) in [6.45, 7) is 5.84. The monoisotopic (exact) mass is 468 g/mol. The van der Waals surface area contributed by atoms with Crippen LogP contribution in [0.1, 0.15) is 36.5 Å². The topological polar surface area (TPSA) is 27.1 Å². The van der Waals surface area contributed by atoms with E-state index in [0.29, 0.717) is 12.5 Å². The molecule has 5 aromatic rings. The van der Waals surface area contributed by atoms with Crippen LogP contribution in [0.2, 0.25) is 0 Å². The fourth-order valence-electron chi connectivity index (χ4n) is 4.20. The lowest BCUT2D eigenvalue weighted by Gasteiger charge is -2.10. The van der Waals surface area contributed by atoms with E-state index in [1.807, 2.05) is 30.6 Å². The van der Waals surface area contributed by atoms with Gasteiger partial charge in [-0.3, -0.25) is 4.98 Å². The SMILES string of the molecule is CC(C)c1ccc(Cn2cc(-c3ccncc3)c3cc(OCc4ccccc4)ccc32)cc1.Cl. The predicted molar refractivity (Wildman–Crippen MR) is 143 cm³/mol. The van der Waals surface area contributed by atoms with Crippen molar-refractivity contribution in [1.29, 1.82) is 0 Å². The third-order valence-electron chi connectivity index (χ3n) is 6.09. The lowest BCUT2D eigenvalue weighted by atomic mass is 10.0. The zero-order valence-corrected chi connectivity index (χ0v) is 20.3. The Morgan fingerprint density at radius 3 is 2.26 bits per heavy atom. The average Bonchev–Trinajstić information content (AvgIpc) is 3.22. The van der Waals surface area contributed by atoms with Crippen LogP contribution in [0.5, 0.6) is 5.75 Å². The Kier molecular flexibility index (Phi) is 7.34. The van der Waals surface area contributed by atoms with Crippen molar-refractivity contribution in [1.82, 2.24) is 9.55 Å². The number of nitrogens with zero attached hydrogens (tertiary/aromatic N) is 2. The van der Waals surface area contributed by atoms with Crippen molar-refractivity contribution >= 4 is 23.3 Å². The van der Waals surface area contributed by atoms with Crippen molar-refractivity contribution in [2.75, 3.05) is 0 Å². The molecule has 0 radical (unpaired) electrons. The van der Waals surface area contributed by atoms with E-state index in [4.69, 9.17) is 4.74 Å². The first kappa shape index (κ1) is 23.6. The second-order valence-electron chi connectivity index (χ2n) is 8.76. The molecule has 3 aromatic carbocycles. The average molecular weight is 469 g/mol. The number of rotatable bonds is 7. The summed E-state index contributed by atoms with van der Waals surface area (Å²) in [5.41, 5.74) is 7.37. The van der Waals surface area contributed by atoms with Crippen LogP contribution in [0, 0.1) is 0 Å². The lowest BCUT2D eigenvalue weighted by molar-refractivity contribution is 0.306. The van der Waals surface area contributed by atoms with E-state index >= 15 is 0 Å². The van der Waals surface area contributed by atoms with Crippen LogP contribution in [0.3, 0.4) is 0 Å². The van der Waals surface area contributed by atoms with Crippen LogP contribution in [0.4, 0.5) is 0 Å². The number of pyridine rings is 1. The van der Waals surface area contributed by atoms with Crippen LogP contribution in [0.15, 0.2) is 104 Å². The molecular formula is C30H29ClN2O. The van der Waals surface area contributed by atoms with Gasteiger partial charge in [-0.15, -0.1) is 12.4 Å². The van der Waals surface area contributed by atoms with Gasteiger partial charge in [-0.25, -0.2) is 0 Å². The van der Waals surface area contributed by atoms with Crippen LogP contribution in [0.25, 0.3) is 22.0 Å². The fraction of sp³-hybridized carbons (Fsp3) is 0.167. The van der Waals surface area contributed by atoms with Gasteiger partial charge in [-0.1, -0.05) is 68.4 Å². The Bertz CT molecular complexity index is 1340. The molecule has 5 rings (SSSR count). The first-order valence-corrected chi connectivity index (χ1v) is 11.5. The first-order chi connectivity index (χ1) is 16.2. The molecule has 172 valence electrons. The van der Waals surface area contributed by atoms with Gasteiger partial charge in [0, 0.05) is 41.6 Å². The number of halogens is 1. The molecule has 0 aliphatic heterocycles. The number of fused-ring (bicyclic) bond motifs is 1. The third kappa shape index (κ3) is 5.16. The molecule has 0 saturated carbocycles. The molecule has 4 heteroatoms. The Morgan fingerprint density at radius 2 is 1.56 bits per heavy atom. The minimum Gasteiger partial charge on any atom is -0.489 e. The van der Waals surface area contributed by atoms with Crippen molar-refractivity contribution in [3.05, 3.63) is 120 Å². The van der Waals surface area contributed by atoms with Gasteiger partial charge in [0.15, 0.2) is 0 Å². The molecule has 2 heterocycles. The van der Waals surface area contributed by atoms with Gasteiger partial charge >= 0.3 is 0 Å². The van der Waals surface area contributed by atoms with Gasteiger partial charge in [-0.2, -0.15) is 0 Å². The van der Waals surface area contributed by atoms with Crippen molar-refractivity contribution in [3.8, 4) is 16.9 Å². The molecule has 34 heavy (non-hydrogen) atoms. The summed E-state index contributed by atoms with van der Waals surface area (Å²) < 4.78 is 8.46. The Balaban J connectivity index is 0.00000274. The number of aromatic nitrogens is 2. The maximum atomic E-state index is 6.13. The standard InChI is InChI=1S/C30H28N2O.ClH/c1-22(2)25-10-8-23(9-11-25)19-32-20-29(26-14-16-31-17-15-26)28-18-27(12-13-30(28)32)33-21-24-6-4-3-5-7-24;/h3-18,20,22H,19,21H2,1-2H3;1H. The molecule has 0 atom stereocenters. The molecule has 0 aliphatic carbocycles. The minimum atomic E-state index is 0. The van der Waals surface area contributed by atoms with E-state index in [2.05, 4.69) is 96.3 Å². The summed E-state index contributed by atoms with van der Waals surface area (Å²) in [6, 6.07) is 29.8. The van der Waals surface area contributed by atoms with E-state index in [1.165, 1.54) is 27.6 Å². The molecule has 0 saturated heterocycles. The van der Waals surface area contributed by atoms with Crippen LogP contribution in [-0.2, 0) is 13.2 Å². The smallest absolute Gasteiger partial charge is 0.120 e. The van der Waals surface area contributed by atoms with E-state index in [1.54, 1.807) is 0 Å². The van der Waals surface area contributed by atoms with Crippen molar-refractivity contribution in [3.63, 3.8) is 0 Å². The van der Waals surface area contributed by atoms with Crippen LogP contribution < -0.4 is 4.74 Å². The van der Waals surface area contributed by atoms with E-state index in [-0.39, 0.29) is 12.4 Å². The Labute approximate surface area is 207 Å². The molecule has 0 aliphatic rings. The largest absolute Gasteiger partial charge is 0.489 e. The highest BCUT2D eigenvalue weighted by Gasteiger charge is 2.12. The first-order valence-electron chi connectivity index (χ1n) is 11.5. The van der Waals surface area contributed by atoms with Crippen molar-refractivity contribution < 1.29 is 4.74 Å². The van der Waals surface area contributed by atoms with E-state index < -0.39 is 0 Å². The molecule has 2 aromatic heterocycles. The maximum absolute atomic E-state index is 6.13. The summed E-state index contributed by atoms with van der Waals surface area (Å²) in [5, 5.41) is 1.19. The van der Waals surface area contributed by atoms with Crippen molar-refractivity contribution in [2.24, 2.45) is 0 Å². The van der Waals surface area contributed by atoms with Crippen molar-refractivity contribution in [2.45, 2.75) is 32.9 Å². The van der Waals surface area contributed by atoms with Gasteiger partial charge in [0.1, 0.15) is 12.4 Å². The summed E-state index contributed by atoms with van der Waals surface area (Å²) in [6.07, 6.45) is 5.94. The quantitative estimate of drug-likeness (QED) is 0.243. The van der Waals surface area contributed by atoms with Crippen LogP contribution >= 0.6 is 12.4 Å². The molecular weight excluding hydrogens is 440 g/mol. The molecule has 0 N–H and O–H groups in total. The number of ether oxygens (including phenoxy) is 1. The summed E-state index contributed by atoms with van der Waals surface area (Å²) in [5.74, 6) is 1.42. The number of hydrogen-bond acceptors (Lipinski definition) is 2. The van der Waals surface area contributed by atoms with Gasteiger partial charge in [-0.05, 0) is 58.5 Å². The van der Waals surface area contributed by atoms with Gasteiger partial charge in [0.2, 0.25) is 0 Å². The van der Waals surface area contributed by atoms with Gasteiger partial charge in [0.25, 0.3) is 0 Å². The zero-order chi connectivity index (χ0) is 22.6. The number of benzene rings is 3. The van der Waals surface area contributed by atoms with Gasteiger partial charge < -0.3 is 9.30 Å². The van der Waals surface area contributed by atoms with Crippen LogP contribution in [-0.4, -0.2) is 9.55 Å². The summed E-state index contributed by atoms with van der Waals surface area (Å²) in [7, 11) is 0. The molecule has 0 bridgehead atoms. The molecule has 3 nitrogen and oxygen atoms in total. The minimum absolute atomic E-state index is 0. The summed E-state index contributed by atoms with van der Waals surface area (Å²) >= 11 is 0. The molecule has 0 spiro atoms. The second kappa shape index (κ2) is 10.6. The lowest BCUT2D eigenvalue weighted by Crippen LogP contribution is -1.99. The second-order valence-corrected chi connectivity index (χ2v) is 8.76. The van der Waals surface area contributed by atoms with Gasteiger partial charge in [0.05, 0.1) is 0 Å².